The van der Waals surface area contributed by atoms with Crippen LogP contribution in [0.25, 0.3) is 0 Å². The predicted molar refractivity (Wildman–Crippen MR) is 70.7 cm³/mol. The van der Waals surface area contributed by atoms with E-state index < -0.39 is 16.4 Å². The van der Waals surface area contributed by atoms with Crippen LogP contribution in [0.3, 0.4) is 0 Å². The lowest BCUT2D eigenvalue weighted by Crippen LogP contribution is -2.09. The highest BCUT2D eigenvalue weighted by Gasteiger charge is 2.20. The molecule has 1 aromatic heterocycles. The normalized spacial score (nSPS) is 10.2. The van der Waals surface area contributed by atoms with Gasteiger partial charge in [-0.15, -0.1) is 0 Å². The van der Waals surface area contributed by atoms with Gasteiger partial charge in [0.2, 0.25) is 11.6 Å². The van der Waals surface area contributed by atoms with Crippen molar-refractivity contribution in [2.45, 2.75) is 0 Å². The van der Waals surface area contributed by atoms with E-state index in [1.54, 1.807) is 0 Å². The van der Waals surface area contributed by atoms with Crippen molar-refractivity contribution in [3.63, 3.8) is 0 Å². The van der Waals surface area contributed by atoms with Gasteiger partial charge in [0.15, 0.2) is 5.82 Å². The second kappa shape index (κ2) is 5.75. The molecule has 3 N–H and O–H groups in total. The van der Waals surface area contributed by atoms with Crippen molar-refractivity contribution in [3.8, 4) is 11.6 Å². The third-order valence-corrected chi connectivity index (χ3v) is 2.78. The summed E-state index contributed by atoms with van der Waals surface area (Å²) in [6.07, 6.45) is 2.54. The van der Waals surface area contributed by atoms with Crippen LogP contribution in [0.5, 0.6) is 11.6 Å². The number of aromatic nitrogens is 2. The van der Waals surface area contributed by atoms with E-state index in [0.29, 0.717) is 0 Å². The summed E-state index contributed by atoms with van der Waals surface area (Å²) in [5, 5.41) is 10.9. The Balaban J connectivity index is 2.41. The highest BCUT2D eigenvalue weighted by molar-refractivity contribution is 9.10. The maximum Gasteiger partial charge on any atom is 0.312 e. The monoisotopic (exact) mass is 343 g/mol. The largest absolute Gasteiger partial charge is 0.430 e. The fourth-order valence-corrected chi connectivity index (χ4v) is 1.65. The number of halogens is 2. The smallest absolute Gasteiger partial charge is 0.312 e. The zero-order valence-electron chi connectivity index (χ0n) is 9.71. The number of nitrogen functional groups attached to an aromatic ring is 1. The molecule has 1 heterocycles. The van der Waals surface area contributed by atoms with Crippen LogP contribution in [-0.2, 0) is 0 Å². The van der Waals surface area contributed by atoms with Gasteiger partial charge in [-0.1, -0.05) is 0 Å². The lowest BCUT2D eigenvalue weighted by atomic mass is 10.3. The Morgan fingerprint density at radius 3 is 2.85 bits per heavy atom. The summed E-state index contributed by atoms with van der Waals surface area (Å²) in [5.41, 5.74) is 1.83. The molecule has 0 aliphatic heterocycles. The van der Waals surface area contributed by atoms with Gasteiger partial charge in [-0.05, 0) is 15.9 Å². The fourth-order valence-electron chi connectivity index (χ4n) is 1.32. The minimum atomic E-state index is -0.702. The van der Waals surface area contributed by atoms with Crippen LogP contribution < -0.4 is 16.0 Å². The molecule has 0 saturated heterocycles. The summed E-state index contributed by atoms with van der Waals surface area (Å²) in [6.45, 7) is 0. The molecule has 0 atom stereocenters. The number of nitro groups is 1. The van der Waals surface area contributed by atoms with Crippen molar-refractivity contribution in [3.05, 3.63) is 44.9 Å². The molecule has 0 bridgehead atoms. The van der Waals surface area contributed by atoms with Gasteiger partial charge in [0, 0.05) is 12.1 Å². The number of hydrogen-bond donors (Lipinski definition) is 2. The van der Waals surface area contributed by atoms with Gasteiger partial charge in [0.05, 0.1) is 21.8 Å². The molecule has 8 nitrogen and oxygen atoms in total. The van der Waals surface area contributed by atoms with Gasteiger partial charge in [-0.3, -0.25) is 15.1 Å². The number of ether oxygens (including phenoxy) is 1. The first-order valence-electron chi connectivity index (χ1n) is 5.11. The molecule has 2 aromatic rings. The minimum Gasteiger partial charge on any atom is -0.430 e. The molecule has 0 spiro atoms. The van der Waals surface area contributed by atoms with Gasteiger partial charge in [-0.25, -0.2) is 10.2 Å². The third kappa shape index (κ3) is 2.97. The van der Waals surface area contributed by atoms with Gasteiger partial charge in [0.25, 0.3) is 0 Å². The lowest BCUT2D eigenvalue weighted by molar-refractivity contribution is -0.385. The number of benzene rings is 1. The number of nitro benzene ring substituents is 1. The summed E-state index contributed by atoms with van der Waals surface area (Å²) in [4.78, 5) is 17.8. The highest BCUT2D eigenvalue weighted by atomic mass is 79.9. The van der Waals surface area contributed by atoms with E-state index >= 15 is 0 Å². The van der Waals surface area contributed by atoms with Crippen LogP contribution in [0.1, 0.15) is 0 Å². The van der Waals surface area contributed by atoms with Crippen LogP contribution in [0.15, 0.2) is 29.0 Å². The van der Waals surface area contributed by atoms with E-state index in [1.165, 1.54) is 12.4 Å². The molecule has 2 rings (SSSR count). The van der Waals surface area contributed by atoms with Crippen molar-refractivity contribution in [1.29, 1.82) is 0 Å². The molecule has 0 unspecified atom stereocenters. The van der Waals surface area contributed by atoms with Crippen LogP contribution in [0.2, 0.25) is 0 Å². The van der Waals surface area contributed by atoms with Crippen LogP contribution in [-0.4, -0.2) is 14.9 Å². The number of nitrogens with two attached hydrogens (primary N) is 1. The van der Waals surface area contributed by atoms with Gasteiger partial charge in [0.1, 0.15) is 5.82 Å². The molecule has 0 saturated carbocycles. The quantitative estimate of drug-likeness (QED) is 0.497. The molecule has 1 aromatic carbocycles. The van der Waals surface area contributed by atoms with Crippen LogP contribution in [0, 0.1) is 15.9 Å². The lowest BCUT2D eigenvalue weighted by Gasteiger charge is -2.07. The summed E-state index contributed by atoms with van der Waals surface area (Å²) in [7, 11) is 0. The predicted octanol–water partition coefficient (Wildman–Crippen LogP) is 2.36. The molecule has 0 fully saturated rings. The van der Waals surface area contributed by atoms with E-state index in [4.69, 9.17) is 10.6 Å². The Morgan fingerprint density at radius 1 is 1.45 bits per heavy atom. The molecule has 10 heteroatoms. The number of nitrogens with zero attached hydrogens (tertiary/aromatic N) is 3. The maximum absolute atomic E-state index is 13.5. The first-order chi connectivity index (χ1) is 9.51. The zero-order valence-corrected chi connectivity index (χ0v) is 11.3. The molecule has 20 heavy (non-hydrogen) atoms. The second-order valence-electron chi connectivity index (χ2n) is 3.48. The summed E-state index contributed by atoms with van der Waals surface area (Å²) in [5.74, 6) is 4.29. The van der Waals surface area contributed by atoms with Crippen LogP contribution >= 0.6 is 15.9 Å². The van der Waals surface area contributed by atoms with Crippen molar-refractivity contribution in [2.24, 2.45) is 5.84 Å². The molecule has 0 amide bonds. The number of hydrazine groups is 1. The van der Waals surface area contributed by atoms with Gasteiger partial charge < -0.3 is 10.2 Å². The summed E-state index contributed by atoms with van der Waals surface area (Å²) in [6, 6.07) is 1.88. The SMILES string of the molecule is NNc1cncc(Oc2cc(F)c(Br)cc2[N+](=O)[O-])n1. The third-order valence-electron chi connectivity index (χ3n) is 2.17. The average Bonchev–Trinajstić information content (AvgIpc) is 2.42. The van der Waals surface area contributed by atoms with E-state index in [0.717, 1.165) is 12.1 Å². The van der Waals surface area contributed by atoms with Gasteiger partial charge in [-0.2, -0.15) is 4.98 Å². The van der Waals surface area contributed by atoms with Crippen molar-refractivity contribution < 1.29 is 14.1 Å². The van der Waals surface area contributed by atoms with E-state index in [2.05, 4.69) is 31.3 Å². The fraction of sp³-hybridized carbons (Fsp3) is 0. The summed E-state index contributed by atoms with van der Waals surface area (Å²) < 4.78 is 18.6. The molecule has 0 aliphatic rings. The van der Waals surface area contributed by atoms with E-state index in [9.17, 15) is 14.5 Å². The highest BCUT2D eigenvalue weighted by Crippen LogP contribution is 2.34. The topological polar surface area (TPSA) is 116 Å². The first kappa shape index (κ1) is 14.1. The Hall–Kier alpha value is -2.33. The Labute approximate surface area is 120 Å². The first-order valence-corrected chi connectivity index (χ1v) is 5.90. The average molecular weight is 344 g/mol. The molecular formula is C10H7BrFN5O3. The number of nitrogens with one attached hydrogen (secondary N) is 1. The molecular weight excluding hydrogens is 337 g/mol. The van der Waals surface area contributed by atoms with Crippen molar-refractivity contribution >= 4 is 27.4 Å². The minimum absolute atomic E-state index is 0.0417. The molecule has 0 aliphatic carbocycles. The zero-order chi connectivity index (χ0) is 14.7. The Kier molecular flexibility index (Phi) is 4.05. The molecule has 104 valence electrons. The van der Waals surface area contributed by atoms with Crippen LogP contribution in [0.4, 0.5) is 15.9 Å². The van der Waals surface area contributed by atoms with Crippen molar-refractivity contribution in [2.75, 3.05) is 5.43 Å². The van der Waals surface area contributed by atoms with E-state index in [1.807, 2.05) is 0 Å². The number of anilines is 1. The van der Waals surface area contributed by atoms with Gasteiger partial charge >= 0.3 is 5.69 Å². The van der Waals surface area contributed by atoms with Crippen molar-refractivity contribution in [1.82, 2.24) is 9.97 Å². The number of hydrogen-bond acceptors (Lipinski definition) is 7. The standard InChI is InChI=1S/C10H7BrFN5O3/c11-5-1-7(17(18)19)8(2-6(5)12)20-10-4-14-3-9(15-10)16-13/h1-4H,13H2,(H,15,16). The number of rotatable bonds is 4. The Morgan fingerprint density at radius 2 is 2.20 bits per heavy atom. The second-order valence-corrected chi connectivity index (χ2v) is 4.33. The summed E-state index contributed by atoms with van der Waals surface area (Å²) >= 11 is 2.87. The maximum atomic E-state index is 13.5. The Bertz CT molecular complexity index is 669. The van der Waals surface area contributed by atoms with E-state index in [-0.39, 0.29) is 21.9 Å². The molecule has 0 radical (unpaired) electrons.